The Morgan fingerprint density at radius 3 is 3.24 bits per heavy atom. The lowest BCUT2D eigenvalue weighted by Gasteiger charge is -2.08. The van der Waals surface area contributed by atoms with Crippen molar-refractivity contribution in [3.8, 4) is 5.75 Å². The van der Waals surface area contributed by atoms with E-state index in [4.69, 9.17) is 16.3 Å². The molecule has 2 heterocycles. The average molecular weight is 342 g/mol. The minimum absolute atomic E-state index is 0.216. The number of nitrogens with zero attached hydrogens (tertiary/aromatic N) is 2. The molecule has 5 nitrogen and oxygen atoms in total. The highest BCUT2D eigenvalue weighted by Gasteiger charge is 2.29. The molecule has 1 unspecified atom stereocenters. The van der Waals surface area contributed by atoms with Gasteiger partial charge < -0.3 is 4.74 Å². The Hall–Kier alpha value is -1.31. The van der Waals surface area contributed by atoms with Crippen molar-refractivity contribution in [2.75, 3.05) is 11.1 Å². The molecule has 0 saturated heterocycles. The highest BCUT2D eigenvalue weighted by atomic mass is 35.5. The van der Waals surface area contributed by atoms with Gasteiger partial charge in [-0.3, -0.25) is 10.1 Å². The summed E-state index contributed by atoms with van der Waals surface area (Å²) in [6.07, 6.45) is -0.0402. The second kappa shape index (κ2) is 6.21. The van der Waals surface area contributed by atoms with E-state index in [1.165, 1.54) is 11.3 Å². The first-order valence-electron chi connectivity index (χ1n) is 6.38. The minimum Gasteiger partial charge on any atom is -0.480 e. The number of hydrogen-bond donors (Lipinski definition) is 1. The van der Waals surface area contributed by atoms with Gasteiger partial charge in [0.25, 0.3) is 5.91 Å². The van der Waals surface area contributed by atoms with Gasteiger partial charge in [-0.25, -0.2) is 0 Å². The highest BCUT2D eigenvalue weighted by Crippen LogP contribution is 2.32. The second-order valence-electron chi connectivity index (χ2n) is 4.36. The molecule has 110 valence electrons. The normalized spacial score (nSPS) is 16.4. The molecule has 3 rings (SSSR count). The molecule has 1 atom stereocenters. The zero-order valence-electron chi connectivity index (χ0n) is 11.1. The third-order valence-corrected chi connectivity index (χ3v) is 4.98. The third-order valence-electron chi connectivity index (χ3n) is 2.89. The van der Waals surface area contributed by atoms with Gasteiger partial charge in [-0.05, 0) is 29.5 Å². The number of anilines is 1. The molecule has 1 aromatic carbocycles. The van der Waals surface area contributed by atoms with E-state index in [9.17, 15) is 4.79 Å². The monoisotopic (exact) mass is 341 g/mol. The van der Waals surface area contributed by atoms with E-state index < -0.39 is 6.10 Å². The number of halogens is 1. The summed E-state index contributed by atoms with van der Waals surface area (Å²) in [6, 6.07) is 5.36. The van der Waals surface area contributed by atoms with Gasteiger partial charge in [-0.2, -0.15) is 0 Å². The molecule has 0 spiro atoms. The number of hydrogen-bond acceptors (Lipinski definition) is 6. The van der Waals surface area contributed by atoms with Crippen LogP contribution >= 0.6 is 34.7 Å². The van der Waals surface area contributed by atoms with Crippen molar-refractivity contribution in [1.29, 1.82) is 0 Å². The summed E-state index contributed by atoms with van der Waals surface area (Å²) in [5.74, 6) is 1.41. The van der Waals surface area contributed by atoms with E-state index in [1.54, 1.807) is 23.9 Å². The van der Waals surface area contributed by atoms with Crippen LogP contribution in [-0.4, -0.2) is 28.0 Å². The van der Waals surface area contributed by atoms with Crippen LogP contribution in [0, 0.1) is 0 Å². The van der Waals surface area contributed by atoms with Gasteiger partial charge in [-0.15, -0.1) is 10.2 Å². The fourth-order valence-electron chi connectivity index (χ4n) is 1.99. The molecule has 8 heteroatoms. The van der Waals surface area contributed by atoms with E-state index in [0.29, 0.717) is 22.3 Å². The van der Waals surface area contributed by atoms with Gasteiger partial charge in [0.2, 0.25) is 5.13 Å². The van der Waals surface area contributed by atoms with Gasteiger partial charge in [0.15, 0.2) is 10.4 Å². The summed E-state index contributed by atoms with van der Waals surface area (Å²) in [5.41, 5.74) is 0.946. The van der Waals surface area contributed by atoms with Crippen molar-refractivity contribution < 1.29 is 9.53 Å². The van der Waals surface area contributed by atoms with Crippen LogP contribution in [0.2, 0.25) is 5.02 Å². The van der Waals surface area contributed by atoms with E-state index in [1.807, 2.05) is 13.0 Å². The molecule has 1 N–H and O–H groups in total. The lowest BCUT2D eigenvalue weighted by atomic mass is 10.1. The standard InChI is InChI=1S/C13H12ClN3O2S2/c1-2-20-13-17-16-12(21-13)15-11(18)10-6-7-5-8(14)3-4-9(7)19-10/h3-5,10H,2,6H2,1H3,(H,15,16,18). The molecule has 1 aromatic heterocycles. The molecule has 0 bridgehead atoms. The van der Waals surface area contributed by atoms with Crippen molar-refractivity contribution in [1.82, 2.24) is 10.2 Å². The number of nitrogens with one attached hydrogen (secondary N) is 1. The number of carbonyl (C=O) groups excluding carboxylic acids is 1. The maximum Gasteiger partial charge on any atom is 0.267 e. The largest absolute Gasteiger partial charge is 0.480 e. The first-order chi connectivity index (χ1) is 10.2. The Morgan fingerprint density at radius 2 is 2.43 bits per heavy atom. The molecule has 0 saturated carbocycles. The van der Waals surface area contributed by atoms with Crippen LogP contribution in [0.3, 0.4) is 0 Å². The molecule has 2 aromatic rings. The predicted molar refractivity (Wildman–Crippen MR) is 84.5 cm³/mol. The summed E-state index contributed by atoms with van der Waals surface area (Å²) in [5, 5.41) is 11.8. The first-order valence-corrected chi connectivity index (χ1v) is 8.56. The number of thioether (sulfide) groups is 1. The van der Waals surface area contributed by atoms with Gasteiger partial charge in [0.05, 0.1) is 0 Å². The lowest BCUT2D eigenvalue weighted by molar-refractivity contribution is -0.122. The zero-order chi connectivity index (χ0) is 14.8. The van der Waals surface area contributed by atoms with E-state index in [-0.39, 0.29) is 5.91 Å². The Bertz CT molecular complexity index is 677. The smallest absolute Gasteiger partial charge is 0.267 e. The average Bonchev–Trinajstić information content (AvgIpc) is 3.05. The van der Waals surface area contributed by atoms with Crippen molar-refractivity contribution >= 4 is 45.7 Å². The maximum atomic E-state index is 12.2. The Morgan fingerprint density at radius 1 is 1.57 bits per heavy atom. The second-order valence-corrected chi connectivity index (χ2v) is 7.28. The Balaban J connectivity index is 1.64. The zero-order valence-corrected chi connectivity index (χ0v) is 13.5. The van der Waals surface area contributed by atoms with Crippen molar-refractivity contribution in [2.45, 2.75) is 23.8 Å². The van der Waals surface area contributed by atoms with Gasteiger partial charge >= 0.3 is 0 Å². The Labute approximate surface area is 135 Å². The SMILES string of the molecule is CCSc1nnc(NC(=O)C2Cc3cc(Cl)ccc3O2)s1. The van der Waals surface area contributed by atoms with Crippen LogP contribution in [0.4, 0.5) is 5.13 Å². The van der Waals surface area contributed by atoms with Crippen LogP contribution in [0.5, 0.6) is 5.75 Å². The predicted octanol–water partition coefficient (Wildman–Crippen LogP) is 3.25. The number of ether oxygens (including phenoxy) is 1. The van der Waals surface area contributed by atoms with E-state index in [0.717, 1.165) is 15.7 Å². The molecule has 1 amide bonds. The number of carbonyl (C=O) groups is 1. The topological polar surface area (TPSA) is 64.1 Å². The molecular weight excluding hydrogens is 330 g/mol. The van der Waals surface area contributed by atoms with E-state index >= 15 is 0 Å². The molecule has 1 aliphatic rings. The third kappa shape index (κ3) is 3.30. The van der Waals surface area contributed by atoms with Crippen molar-refractivity contribution in [3.63, 3.8) is 0 Å². The van der Waals surface area contributed by atoms with Gasteiger partial charge in [0.1, 0.15) is 5.75 Å². The number of benzene rings is 1. The number of aromatic nitrogens is 2. The number of fused-ring (bicyclic) bond motifs is 1. The quantitative estimate of drug-likeness (QED) is 0.683. The van der Waals surface area contributed by atoms with Gasteiger partial charge in [0, 0.05) is 11.4 Å². The number of rotatable bonds is 4. The molecular formula is C13H12ClN3O2S2. The van der Waals surface area contributed by atoms with Gasteiger partial charge in [-0.1, -0.05) is 41.6 Å². The summed E-state index contributed by atoms with van der Waals surface area (Å²) in [6.45, 7) is 2.04. The molecule has 0 fully saturated rings. The molecule has 0 radical (unpaired) electrons. The fourth-order valence-corrected chi connectivity index (χ4v) is 3.84. The summed E-state index contributed by atoms with van der Waals surface area (Å²) in [4.78, 5) is 12.2. The van der Waals surface area contributed by atoms with Crippen molar-refractivity contribution in [2.24, 2.45) is 0 Å². The lowest BCUT2D eigenvalue weighted by Crippen LogP contribution is -2.31. The van der Waals surface area contributed by atoms with Crippen LogP contribution < -0.4 is 10.1 Å². The summed E-state index contributed by atoms with van der Waals surface area (Å²) >= 11 is 8.90. The van der Waals surface area contributed by atoms with E-state index in [2.05, 4.69) is 15.5 Å². The number of amides is 1. The molecule has 1 aliphatic heterocycles. The van der Waals surface area contributed by atoms with Crippen LogP contribution in [0.15, 0.2) is 22.5 Å². The van der Waals surface area contributed by atoms with Crippen LogP contribution in [0.1, 0.15) is 12.5 Å². The maximum absolute atomic E-state index is 12.2. The van der Waals surface area contributed by atoms with Crippen LogP contribution in [0.25, 0.3) is 0 Å². The van der Waals surface area contributed by atoms with Crippen LogP contribution in [-0.2, 0) is 11.2 Å². The summed E-state index contributed by atoms with van der Waals surface area (Å²) in [7, 11) is 0. The summed E-state index contributed by atoms with van der Waals surface area (Å²) < 4.78 is 6.47. The fraction of sp³-hybridized carbons (Fsp3) is 0.308. The highest BCUT2D eigenvalue weighted by molar-refractivity contribution is 8.01. The molecule has 0 aliphatic carbocycles. The minimum atomic E-state index is -0.551. The first kappa shape index (κ1) is 14.6. The Kier molecular flexibility index (Phi) is 4.32. The van der Waals surface area contributed by atoms with Crippen molar-refractivity contribution in [3.05, 3.63) is 28.8 Å². The molecule has 21 heavy (non-hydrogen) atoms.